The summed E-state index contributed by atoms with van der Waals surface area (Å²) >= 11 is 5.14. The van der Waals surface area contributed by atoms with Crippen LogP contribution >= 0.6 is 38.5 Å². The lowest BCUT2D eigenvalue weighted by Gasteiger charge is -2.05. The molecule has 14 heavy (non-hydrogen) atoms. The molecular formula is C10H8BrIO2. The number of ketones is 1. The van der Waals surface area contributed by atoms with E-state index in [4.69, 9.17) is 0 Å². The van der Waals surface area contributed by atoms with Crippen LogP contribution in [0.15, 0.2) is 12.1 Å². The van der Waals surface area contributed by atoms with Gasteiger partial charge >= 0.3 is 0 Å². The molecule has 0 atom stereocenters. The number of halogens is 2. The second kappa shape index (κ2) is 5.02. The Balaban J connectivity index is 3.36. The highest BCUT2D eigenvalue weighted by Gasteiger charge is 2.12. The van der Waals surface area contributed by atoms with Gasteiger partial charge in [-0.1, -0.05) is 15.9 Å². The largest absolute Gasteiger partial charge is 0.298 e. The number of carbonyl (C=O) groups is 2. The summed E-state index contributed by atoms with van der Waals surface area (Å²) in [5, 5.41) is 0.282. The lowest BCUT2D eigenvalue weighted by Crippen LogP contribution is -2.05. The van der Waals surface area contributed by atoms with Crippen molar-refractivity contribution >= 4 is 50.6 Å². The van der Waals surface area contributed by atoms with Crippen molar-refractivity contribution in [1.82, 2.24) is 0 Å². The topological polar surface area (TPSA) is 34.1 Å². The van der Waals surface area contributed by atoms with Crippen molar-refractivity contribution in [1.29, 1.82) is 0 Å². The van der Waals surface area contributed by atoms with Crippen LogP contribution in [0.4, 0.5) is 0 Å². The number of benzene rings is 1. The Morgan fingerprint density at radius 3 is 2.71 bits per heavy atom. The maximum Gasteiger partial charge on any atom is 0.174 e. The zero-order chi connectivity index (χ0) is 10.7. The summed E-state index contributed by atoms with van der Waals surface area (Å²) in [6.07, 6.45) is 0.778. The minimum Gasteiger partial charge on any atom is -0.298 e. The van der Waals surface area contributed by atoms with Crippen molar-refractivity contribution in [2.24, 2.45) is 0 Å². The summed E-state index contributed by atoms with van der Waals surface area (Å²) in [5.41, 5.74) is 2.12. The van der Waals surface area contributed by atoms with Gasteiger partial charge in [-0.2, -0.15) is 0 Å². The number of aldehydes is 1. The van der Waals surface area contributed by atoms with Crippen molar-refractivity contribution in [3.8, 4) is 0 Å². The van der Waals surface area contributed by atoms with Crippen LogP contribution in [0.2, 0.25) is 0 Å². The molecule has 1 aromatic carbocycles. The van der Waals surface area contributed by atoms with Gasteiger partial charge in [-0.15, -0.1) is 0 Å². The van der Waals surface area contributed by atoms with E-state index < -0.39 is 0 Å². The number of alkyl halides is 1. The summed E-state index contributed by atoms with van der Waals surface area (Å²) in [4.78, 5) is 22.2. The smallest absolute Gasteiger partial charge is 0.174 e. The molecule has 2 nitrogen and oxygen atoms in total. The first kappa shape index (κ1) is 11.8. The molecular weight excluding hydrogens is 359 g/mol. The van der Waals surface area contributed by atoms with Crippen molar-refractivity contribution in [2.45, 2.75) is 6.92 Å². The quantitative estimate of drug-likeness (QED) is 0.356. The van der Waals surface area contributed by atoms with E-state index in [0.29, 0.717) is 11.1 Å². The second-order valence-electron chi connectivity index (χ2n) is 2.89. The molecule has 74 valence electrons. The Kier molecular flexibility index (Phi) is 4.25. The van der Waals surface area contributed by atoms with Gasteiger partial charge in [-0.3, -0.25) is 9.59 Å². The van der Waals surface area contributed by atoms with E-state index in [-0.39, 0.29) is 11.1 Å². The highest BCUT2D eigenvalue weighted by Crippen LogP contribution is 2.19. The highest BCUT2D eigenvalue weighted by molar-refractivity contribution is 14.1. The Morgan fingerprint density at radius 2 is 2.21 bits per heavy atom. The molecule has 0 radical (unpaired) electrons. The molecule has 0 saturated heterocycles. The standard InChI is InChI=1S/C10H8BrIO2/c1-6-2-7(5-13)10(12)8(3-6)9(14)4-11/h2-3,5H,4H2,1H3. The normalized spacial score (nSPS) is 9.93. The summed E-state index contributed by atoms with van der Waals surface area (Å²) in [7, 11) is 0. The Bertz CT molecular complexity index is 388. The second-order valence-corrected chi connectivity index (χ2v) is 4.53. The lowest BCUT2D eigenvalue weighted by molar-refractivity contribution is 0.102. The molecule has 0 aliphatic rings. The van der Waals surface area contributed by atoms with Crippen molar-refractivity contribution < 1.29 is 9.59 Å². The van der Waals surface area contributed by atoms with Crippen LogP contribution in [-0.4, -0.2) is 17.4 Å². The van der Waals surface area contributed by atoms with E-state index in [1.165, 1.54) is 0 Å². The van der Waals surface area contributed by atoms with Gasteiger partial charge < -0.3 is 0 Å². The van der Waals surface area contributed by atoms with Gasteiger partial charge in [0.1, 0.15) is 0 Å². The zero-order valence-electron chi connectivity index (χ0n) is 7.51. The number of hydrogen-bond acceptors (Lipinski definition) is 2. The van der Waals surface area contributed by atoms with Gasteiger partial charge in [0.15, 0.2) is 12.1 Å². The third-order valence-electron chi connectivity index (χ3n) is 1.79. The van der Waals surface area contributed by atoms with Crippen LogP contribution in [0, 0.1) is 10.5 Å². The third kappa shape index (κ3) is 2.42. The fourth-order valence-corrected chi connectivity index (χ4v) is 2.20. The maximum absolute atomic E-state index is 11.5. The van der Waals surface area contributed by atoms with Crippen LogP contribution in [0.5, 0.6) is 0 Å². The summed E-state index contributed by atoms with van der Waals surface area (Å²) in [6, 6.07) is 3.58. The van der Waals surface area contributed by atoms with Gasteiger partial charge in [0.05, 0.1) is 5.33 Å². The Hall–Kier alpha value is -0.230. The number of hydrogen-bond donors (Lipinski definition) is 0. The molecule has 0 fully saturated rings. The van der Waals surface area contributed by atoms with Crippen LogP contribution in [0.3, 0.4) is 0 Å². The number of carbonyl (C=O) groups excluding carboxylic acids is 2. The molecule has 0 saturated carbocycles. The maximum atomic E-state index is 11.5. The first-order valence-electron chi connectivity index (χ1n) is 3.94. The molecule has 1 aromatic rings. The van der Waals surface area contributed by atoms with Gasteiger partial charge in [0, 0.05) is 14.7 Å². The number of Topliss-reactive ketones (excluding diaryl/α,β-unsaturated/α-hetero) is 1. The number of aryl methyl sites for hydroxylation is 1. The van der Waals surface area contributed by atoms with Gasteiger partial charge in [-0.25, -0.2) is 0 Å². The van der Waals surface area contributed by atoms with Crippen molar-refractivity contribution in [3.05, 3.63) is 32.4 Å². The zero-order valence-corrected chi connectivity index (χ0v) is 11.3. The molecule has 0 unspecified atom stereocenters. The molecule has 0 amide bonds. The summed E-state index contributed by atoms with van der Waals surface area (Å²) < 4.78 is 0.729. The average Bonchev–Trinajstić information content (AvgIpc) is 2.19. The Labute approximate surface area is 104 Å². The third-order valence-corrected chi connectivity index (χ3v) is 3.51. The predicted octanol–water partition coefficient (Wildman–Crippen LogP) is 2.99. The molecule has 0 aliphatic carbocycles. The molecule has 0 aliphatic heterocycles. The molecule has 1 rings (SSSR count). The van der Waals surface area contributed by atoms with Gasteiger partial charge in [0.2, 0.25) is 0 Å². The van der Waals surface area contributed by atoms with Crippen LogP contribution < -0.4 is 0 Å². The molecule has 0 spiro atoms. The van der Waals surface area contributed by atoms with E-state index in [2.05, 4.69) is 15.9 Å². The minimum atomic E-state index is 0.00111. The highest BCUT2D eigenvalue weighted by atomic mass is 127. The van der Waals surface area contributed by atoms with Crippen LogP contribution in [0.25, 0.3) is 0 Å². The fourth-order valence-electron chi connectivity index (χ4n) is 1.16. The first-order chi connectivity index (χ1) is 6.60. The first-order valence-corrected chi connectivity index (χ1v) is 6.14. The summed E-state index contributed by atoms with van der Waals surface area (Å²) in [6.45, 7) is 1.87. The molecule has 0 bridgehead atoms. The predicted molar refractivity (Wildman–Crippen MR) is 67.4 cm³/mol. The van der Waals surface area contributed by atoms with E-state index in [1.807, 2.05) is 29.5 Å². The molecule has 0 N–H and O–H groups in total. The van der Waals surface area contributed by atoms with Gasteiger partial charge in [-0.05, 0) is 47.2 Å². The molecule has 0 aromatic heterocycles. The van der Waals surface area contributed by atoms with Crippen LogP contribution in [0.1, 0.15) is 26.3 Å². The van der Waals surface area contributed by atoms with Gasteiger partial charge in [0.25, 0.3) is 0 Å². The summed E-state index contributed by atoms with van der Waals surface area (Å²) in [5.74, 6) is 0.00111. The number of rotatable bonds is 3. The fraction of sp³-hybridized carbons (Fsp3) is 0.200. The minimum absolute atomic E-state index is 0.00111. The SMILES string of the molecule is Cc1cc(C=O)c(I)c(C(=O)CBr)c1. The van der Waals surface area contributed by atoms with E-state index >= 15 is 0 Å². The molecule has 4 heteroatoms. The van der Waals surface area contributed by atoms with Crippen molar-refractivity contribution in [2.75, 3.05) is 5.33 Å². The van der Waals surface area contributed by atoms with E-state index in [9.17, 15) is 9.59 Å². The van der Waals surface area contributed by atoms with E-state index in [0.717, 1.165) is 15.4 Å². The van der Waals surface area contributed by atoms with Crippen LogP contribution in [-0.2, 0) is 0 Å². The van der Waals surface area contributed by atoms with Crippen molar-refractivity contribution in [3.63, 3.8) is 0 Å². The Morgan fingerprint density at radius 1 is 1.57 bits per heavy atom. The average molecular weight is 367 g/mol. The molecule has 0 heterocycles. The van der Waals surface area contributed by atoms with E-state index in [1.54, 1.807) is 12.1 Å². The lowest BCUT2D eigenvalue weighted by atomic mass is 10.0. The monoisotopic (exact) mass is 366 g/mol.